The van der Waals surface area contributed by atoms with Gasteiger partial charge in [-0.3, -0.25) is 14.2 Å². The van der Waals surface area contributed by atoms with Crippen molar-refractivity contribution in [3.63, 3.8) is 0 Å². The van der Waals surface area contributed by atoms with Crippen molar-refractivity contribution in [3.05, 3.63) is 58.6 Å². The van der Waals surface area contributed by atoms with Gasteiger partial charge in [0.15, 0.2) is 11.5 Å². The molecule has 0 spiro atoms. The molecule has 3 rings (SSSR count). The van der Waals surface area contributed by atoms with Gasteiger partial charge in [-0.1, -0.05) is 0 Å². The first kappa shape index (κ1) is 24.3. The van der Waals surface area contributed by atoms with Crippen LogP contribution in [0.15, 0.2) is 28.7 Å². The average Bonchev–Trinajstić information content (AvgIpc) is 3.44. The smallest absolute Gasteiger partial charge is 0.435 e. The number of carbonyl (C=O) groups excluding carboxylic acids is 1. The number of rotatable bonds is 9. The lowest BCUT2D eigenvalue weighted by Crippen LogP contribution is -2.25. The van der Waals surface area contributed by atoms with Crippen LogP contribution in [0.4, 0.5) is 30.7 Å². The van der Waals surface area contributed by atoms with Crippen LogP contribution in [-0.2, 0) is 19.3 Å². The van der Waals surface area contributed by atoms with Crippen LogP contribution in [0, 0.1) is 6.92 Å². The van der Waals surface area contributed by atoms with E-state index in [2.05, 4.69) is 15.5 Å². The zero-order valence-electron chi connectivity index (χ0n) is 17.0. The average molecular weight is 481 g/mol. The Morgan fingerprint density at radius 1 is 1.09 bits per heavy atom. The zero-order chi connectivity index (χ0) is 24.3. The second kappa shape index (κ2) is 9.67. The Hall–Kier alpha value is -3.32. The Balaban J connectivity index is 1.54. The number of aryl methyl sites for hydroxylation is 2. The lowest BCUT2D eigenvalue weighted by molar-refractivity contribution is -0.141. The summed E-state index contributed by atoms with van der Waals surface area (Å²) in [7, 11) is 0. The van der Waals surface area contributed by atoms with Crippen molar-refractivity contribution in [1.29, 1.82) is 0 Å². The van der Waals surface area contributed by atoms with Crippen molar-refractivity contribution in [3.8, 4) is 0 Å². The highest BCUT2D eigenvalue weighted by Gasteiger charge is 2.34. The van der Waals surface area contributed by atoms with Gasteiger partial charge in [0.25, 0.3) is 18.8 Å². The van der Waals surface area contributed by atoms with E-state index in [0.717, 1.165) is 6.07 Å². The van der Waals surface area contributed by atoms with Crippen molar-refractivity contribution in [1.82, 2.24) is 24.9 Å². The third-order valence-corrected chi connectivity index (χ3v) is 4.57. The Morgan fingerprint density at radius 3 is 2.42 bits per heavy atom. The zero-order valence-corrected chi connectivity index (χ0v) is 17.0. The Labute approximate surface area is 182 Å². The molecule has 0 atom stereocenters. The van der Waals surface area contributed by atoms with Gasteiger partial charge < -0.3 is 9.73 Å². The van der Waals surface area contributed by atoms with E-state index in [1.165, 1.54) is 23.7 Å². The Kier molecular flexibility index (Phi) is 7.12. The van der Waals surface area contributed by atoms with Crippen molar-refractivity contribution in [2.75, 3.05) is 6.54 Å². The largest absolute Gasteiger partial charge is 0.454 e. The van der Waals surface area contributed by atoms with E-state index in [0.29, 0.717) is 16.4 Å². The molecule has 14 heteroatoms. The Bertz CT molecular complexity index is 1100. The summed E-state index contributed by atoms with van der Waals surface area (Å²) < 4.78 is 96.8. The standard InChI is InChI=1S/C19H18F7N5O2/c1-10-7-15(19(24,25)26)29-30(10)6-2-5-27-18(32)14-4-3-11(33-14)9-31-13(17(22)23)8-12(28-31)16(20)21/h3-4,7-8,16-17H,2,5-6,9H2,1H3,(H,27,32). The van der Waals surface area contributed by atoms with Gasteiger partial charge in [-0.2, -0.15) is 23.4 Å². The van der Waals surface area contributed by atoms with Crippen LogP contribution in [0.5, 0.6) is 0 Å². The molecule has 1 amide bonds. The monoisotopic (exact) mass is 481 g/mol. The first-order chi connectivity index (χ1) is 15.5. The molecule has 3 aromatic rings. The molecule has 33 heavy (non-hydrogen) atoms. The first-order valence-corrected chi connectivity index (χ1v) is 9.58. The highest BCUT2D eigenvalue weighted by atomic mass is 19.4. The molecule has 0 saturated heterocycles. The molecule has 0 fully saturated rings. The molecule has 0 aliphatic rings. The number of aromatic nitrogens is 4. The van der Waals surface area contributed by atoms with Crippen molar-refractivity contribution < 1.29 is 39.9 Å². The van der Waals surface area contributed by atoms with Crippen LogP contribution >= 0.6 is 0 Å². The third-order valence-electron chi connectivity index (χ3n) is 4.57. The van der Waals surface area contributed by atoms with Crippen LogP contribution < -0.4 is 5.32 Å². The van der Waals surface area contributed by atoms with Gasteiger partial charge in [0.2, 0.25) is 0 Å². The third kappa shape index (κ3) is 5.93. The number of halogens is 7. The SMILES string of the molecule is Cc1cc(C(F)(F)F)nn1CCCNC(=O)c1ccc(Cn2nc(C(F)F)cc2C(F)F)o1. The number of hydrogen-bond donors (Lipinski definition) is 1. The predicted octanol–water partition coefficient (Wildman–Crippen LogP) is 4.74. The van der Waals surface area contributed by atoms with E-state index in [1.807, 2.05) is 0 Å². The minimum atomic E-state index is -4.55. The normalized spacial score (nSPS) is 12.2. The lowest BCUT2D eigenvalue weighted by atomic mass is 10.3. The predicted molar refractivity (Wildman–Crippen MR) is 98.9 cm³/mol. The quantitative estimate of drug-likeness (QED) is 0.354. The lowest BCUT2D eigenvalue weighted by Gasteiger charge is -2.06. The summed E-state index contributed by atoms with van der Waals surface area (Å²) in [5.41, 5.74) is -2.19. The van der Waals surface area contributed by atoms with E-state index in [-0.39, 0.29) is 37.6 Å². The number of nitrogens with one attached hydrogen (secondary N) is 1. The summed E-state index contributed by atoms with van der Waals surface area (Å²) in [6, 6.07) is 4.12. The van der Waals surface area contributed by atoms with Gasteiger partial charge >= 0.3 is 6.18 Å². The highest BCUT2D eigenvalue weighted by molar-refractivity contribution is 5.91. The summed E-state index contributed by atoms with van der Waals surface area (Å²) in [5.74, 6) is -0.755. The molecular weight excluding hydrogens is 463 g/mol. The molecule has 0 radical (unpaired) electrons. The molecule has 0 aromatic carbocycles. The first-order valence-electron chi connectivity index (χ1n) is 9.58. The van der Waals surface area contributed by atoms with Gasteiger partial charge in [0.1, 0.15) is 17.1 Å². The molecule has 3 heterocycles. The van der Waals surface area contributed by atoms with Crippen LogP contribution in [0.1, 0.15) is 58.4 Å². The topological polar surface area (TPSA) is 77.9 Å². The van der Waals surface area contributed by atoms with Crippen LogP contribution in [-0.4, -0.2) is 32.0 Å². The maximum Gasteiger partial charge on any atom is 0.435 e. The number of furan rings is 1. The van der Waals surface area contributed by atoms with Crippen molar-refractivity contribution in [2.24, 2.45) is 0 Å². The molecule has 3 aromatic heterocycles. The molecular formula is C19H18F7N5O2. The molecule has 0 unspecified atom stereocenters. The minimum Gasteiger partial charge on any atom is -0.454 e. The van der Waals surface area contributed by atoms with Crippen LogP contribution in [0.3, 0.4) is 0 Å². The number of nitrogens with zero attached hydrogens (tertiary/aromatic N) is 4. The molecule has 0 saturated carbocycles. The number of hydrogen-bond acceptors (Lipinski definition) is 4. The number of amides is 1. The molecule has 180 valence electrons. The fraction of sp³-hybridized carbons (Fsp3) is 0.421. The highest BCUT2D eigenvalue weighted by Crippen LogP contribution is 2.28. The second-order valence-electron chi connectivity index (χ2n) is 7.02. The minimum absolute atomic E-state index is 0.0396. The summed E-state index contributed by atoms with van der Waals surface area (Å²) >= 11 is 0. The second-order valence-corrected chi connectivity index (χ2v) is 7.02. The summed E-state index contributed by atoms with van der Waals surface area (Å²) in [5, 5.41) is 9.44. The van der Waals surface area contributed by atoms with E-state index in [9.17, 15) is 35.5 Å². The molecule has 7 nitrogen and oxygen atoms in total. The van der Waals surface area contributed by atoms with E-state index in [4.69, 9.17) is 4.42 Å². The van der Waals surface area contributed by atoms with Crippen molar-refractivity contribution >= 4 is 5.91 Å². The maximum atomic E-state index is 13.1. The van der Waals surface area contributed by atoms with E-state index in [1.54, 1.807) is 0 Å². The van der Waals surface area contributed by atoms with Crippen LogP contribution in [0.25, 0.3) is 0 Å². The summed E-state index contributed by atoms with van der Waals surface area (Å²) in [4.78, 5) is 12.2. The number of alkyl halides is 7. The van der Waals surface area contributed by atoms with Crippen molar-refractivity contribution in [2.45, 2.75) is 45.5 Å². The molecule has 0 bridgehead atoms. The fourth-order valence-electron chi connectivity index (χ4n) is 2.99. The van der Waals surface area contributed by atoms with Gasteiger partial charge in [0.05, 0.1) is 6.54 Å². The fourth-order valence-corrected chi connectivity index (χ4v) is 2.99. The molecule has 1 N–H and O–H groups in total. The van der Waals surface area contributed by atoms with E-state index >= 15 is 0 Å². The maximum absolute atomic E-state index is 13.1. The van der Waals surface area contributed by atoms with Gasteiger partial charge in [-0.15, -0.1) is 0 Å². The Morgan fingerprint density at radius 2 is 1.82 bits per heavy atom. The molecule has 0 aliphatic heterocycles. The molecule has 0 aliphatic carbocycles. The van der Waals surface area contributed by atoms with Gasteiger partial charge in [0, 0.05) is 18.8 Å². The van der Waals surface area contributed by atoms with Crippen LogP contribution in [0.2, 0.25) is 0 Å². The van der Waals surface area contributed by atoms with Gasteiger partial charge in [-0.25, -0.2) is 17.6 Å². The van der Waals surface area contributed by atoms with E-state index < -0.39 is 42.0 Å². The number of carbonyl (C=O) groups is 1. The summed E-state index contributed by atoms with van der Waals surface area (Å²) in [6.45, 7) is 1.32. The summed E-state index contributed by atoms with van der Waals surface area (Å²) in [6.07, 6.45) is -10.3. The van der Waals surface area contributed by atoms with Gasteiger partial charge in [-0.05, 0) is 37.6 Å².